The summed E-state index contributed by atoms with van der Waals surface area (Å²) >= 11 is 0. The van der Waals surface area contributed by atoms with E-state index in [0.29, 0.717) is 6.04 Å². The Kier molecular flexibility index (Phi) is 4.47. The first kappa shape index (κ1) is 15.6. The molecule has 2 N–H and O–H groups in total. The van der Waals surface area contributed by atoms with Crippen molar-refractivity contribution >= 4 is 0 Å². The molecule has 0 aromatic rings. The molecule has 4 fully saturated rings. The lowest BCUT2D eigenvalue weighted by atomic mass is 9.52. The second kappa shape index (κ2) is 6.04. The van der Waals surface area contributed by atoms with Crippen molar-refractivity contribution in [2.75, 3.05) is 6.54 Å². The molecule has 2 nitrogen and oxygen atoms in total. The Hall–Kier alpha value is -0.340. The highest BCUT2D eigenvalue weighted by Crippen LogP contribution is 2.55. The van der Waals surface area contributed by atoms with Crippen LogP contribution >= 0.6 is 0 Å². The Labute approximate surface area is 130 Å². The molecule has 4 aliphatic carbocycles. The Bertz CT molecular complexity index is 382. The van der Waals surface area contributed by atoms with E-state index < -0.39 is 0 Å². The van der Waals surface area contributed by atoms with Gasteiger partial charge in [-0.2, -0.15) is 0 Å². The van der Waals surface area contributed by atoms with E-state index in [1.165, 1.54) is 31.3 Å². The minimum absolute atomic E-state index is 0.288. The average Bonchev–Trinajstić information content (AvgIpc) is 2.35. The second-order valence-corrected chi connectivity index (χ2v) is 8.59. The molecule has 0 spiro atoms. The normalized spacial score (nSPS) is 42.1. The van der Waals surface area contributed by atoms with Crippen molar-refractivity contribution in [1.82, 2.24) is 5.32 Å². The lowest BCUT2D eigenvalue weighted by Crippen LogP contribution is -2.61. The van der Waals surface area contributed by atoms with Gasteiger partial charge in [-0.25, -0.2) is 0 Å². The maximum absolute atomic E-state index is 10.6. The minimum Gasteiger partial charge on any atom is -0.390 e. The van der Waals surface area contributed by atoms with E-state index in [2.05, 4.69) is 32.2 Å². The Morgan fingerprint density at radius 2 is 1.90 bits per heavy atom. The molecule has 0 aromatic heterocycles. The van der Waals surface area contributed by atoms with Crippen LogP contribution in [0.15, 0.2) is 11.6 Å². The molecule has 2 heteroatoms. The summed E-state index contributed by atoms with van der Waals surface area (Å²) in [7, 11) is 0. The summed E-state index contributed by atoms with van der Waals surface area (Å²) < 4.78 is 0. The number of rotatable bonds is 6. The molecule has 21 heavy (non-hydrogen) atoms. The zero-order chi connectivity index (χ0) is 15.0. The largest absolute Gasteiger partial charge is 0.390 e. The lowest BCUT2D eigenvalue weighted by Gasteiger charge is -2.58. The van der Waals surface area contributed by atoms with Crippen molar-refractivity contribution in [2.45, 2.75) is 77.4 Å². The van der Waals surface area contributed by atoms with Crippen LogP contribution in [0.1, 0.15) is 65.7 Å². The number of nitrogens with one attached hydrogen (secondary N) is 1. The van der Waals surface area contributed by atoms with Gasteiger partial charge in [-0.05, 0) is 89.0 Å². The summed E-state index contributed by atoms with van der Waals surface area (Å²) in [5.74, 6) is 3.05. The quantitative estimate of drug-likeness (QED) is 0.728. The van der Waals surface area contributed by atoms with Crippen LogP contribution in [-0.4, -0.2) is 23.3 Å². The molecular formula is C19H33NO. The summed E-state index contributed by atoms with van der Waals surface area (Å²) in [5, 5.41) is 14.5. The highest BCUT2D eigenvalue weighted by Gasteiger charge is 2.54. The summed E-state index contributed by atoms with van der Waals surface area (Å²) in [6.45, 7) is 7.89. The number of hydrogen-bond donors (Lipinski definition) is 2. The molecule has 4 saturated carbocycles. The standard InChI is InChI=1S/C19H33NO/c1-13(2)5-4-6-14(3)12-20-18-16-7-15-8-17(18)11-19(21,9-15)10-16/h5,14-18,20-21H,4,6-12H2,1-3H3/t14-,15?,16-,17-,18?,19?/m0/s1. The van der Waals surface area contributed by atoms with E-state index in [-0.39, 0.29) is 5.60 Å². The maximum Gasteiger partial charge on any atom is 0.0657 e. The van der Waals surface area contributed by atoms with Crippen LogP contribution in [0.2, 0.25) is 0 Å². The zero-order valence-electron chi connectivity index (χ0n) is 14.1. The third-order valence-electron chi connectivity index (χ3n) is 6.15. The first-order valence-electron chi connectivity index (χ1n) is 9.04. The molecule has 0 aliphatic heterocycles. The molecule has 0 radical (unpaired) electrons. The predicted molar refractivity (Wildman–Crippen MR) is 88.1 cm³/mol. The van der Waals surface area contributed by atoms with Crippen LogP contribution < -0.4 is 5.32 Å². The molecule has 3 atom stereocenters. The van der Waals surface area contributed by atoms with Crippen LogP contribution in [0.4, 0.5) is 0 Å². The predicted octanol–water partition coefficient (Wildman–Crippen LogP) is 3.90. The fourth-order valence-corrected chi connectivity index (χ4v) is 5.41. The molecule has 0 amide bonds. The van der Waals surface area contributed by atoms with Gasteiger partial charge in [0.15, 0.2) is 0 Å². The maximum atomic E-state index is 10.6. The van der Waals surface area contributed by atoms with Crippen molar-refractivity contribution in [3.8, 4) is 0 Å². The van der Waals surface area contributed by atoms with Gasteiger partial charge in [-0.15, -0.1) is 0 Å². The van der Waals surface area contributed by atoms with Gasteiger partial charge in [0.1, 0.15) is 0 Å². The summed E-state index contributed by atoms with van der Waals surface area (Å²) in [4.78, 5) is 0. The van der Waals surface area contributed by atoms with Crippen LogP contribution in [-0.2, 0) is 0 Å². The van der Waals surface area contributed by atoms with Crippen LogP contribution in [0, 0.1) is 23.7 Å². The van der Waals surface area contributed by atoms with Crippen molar-refractivity contribution in [3.63, 3.8) is 0 Å². The zero-order valence-corrected chi connectivity index (χ0v) is 14.1. The fourth-order valence-electron chi connectivity index (χ4n) is 5.41. The molecular weight excluding hydrogens is 258 g/mol. The van der Waals surface area contributed by atoms with Gasteiger partial charge in [-0.3, -0.25) is 0 Å². The van der Waals surface area contributed by atoms with Gasteiger partial charge in [-0.1, -0.05) is 18.6 Å². The van der Waals surface area contributed by atoms with E-state index in [9.17, 15) is 5.11 Å². The molecule has 0 aromatic carbocycles. The van der Waals surface area contributed by atoms with Crippen molar-refractivity contribution in [2.24, 2.45) is 23.7 Å². The van der Waals surface area contributed by atoms with Gasteiger partial charge in [0.05, 0.1) is 5.60 Å². The number of hydrogen-bond acceptors (Lipinski definition) is 2. The van der Waals surface area contributed by atoms with Crippen LogP contribution in [0.5, 0.6) is 0 Å². The van der Waals surface area contributed by atoms with Crippen LogP contribution in [0.3, 0.4) is 0 Å². The first-order chi connectivity index (χ1) is 9.95. The average molecular weight is 291 g/mol. The Balaban J connectivity index is 1.47. The van der Waals surface area contributed by atoms with Gasteiger partial charge in [0.2, 0.25) is 0 Å². The Morgan fingerprint density at radius 1 is 1.24 bits per heavy atom. The topological polar surface area (TPSA) is 32.3 Å². The summed E-state index contributed by atoms with van der Waals surface area (Å²) in [5.41, 5.74) is 1.15. The number of aliphatic hydroxyl groups is 1. The van der Waals surface area contributed by atoms with Crippen molar-refractivity contribution in [1.29, 1.82) is 0 Å². The van der Waals surface area contributed by atoms with Gasteiger partial charge in [0, 0.05) is 6.04 Å². The lowest BCUT2D eigenvalue weighted by molar-refractivity contribution is -0.138. The minimum atomic E-state index is -0.288. The van der Waals surface area contributed by atoms with Crippen LogP contribution in [0.25, 0.3) is 0 Å². The summed E-state index contributed by atoms with van der Waals surface area (Å²) in [6.07, 6.45) is 10.8. The SMILES string of the molecule is CC(C)=CCC[C@H](C)CNC1[C@H]2CC3C[C@H]1CC(O)(C3)C2. The molecule has 0 unspecified atom stereocenters. The number of allylic oxidation sites excluding steroid dienone is 2. The van der Waals surface area contributed by atoms with E-state index >= 15 is 0 Å². The molecule has 0 saturated heterocycles. The Morgan fingerprint density at radius 3 is 2.48 bits per heavy atom. The highest BCUT2D eigenvalue weighted by molar-refractivity contribution is 5.08. The van der Waals surface area contributed by atoms with Crippen molar-refractivity contribution in [3.05, 3.63) is 11.6 Å². The smallest absolute Gasteiger partial charge is 0.0657 e. The third kappa shape index (κ3) is 3.53. The van der Waals surface area contributed by atoms with E-state index in [1.54, 1.807) is 0 Å². The highest BCUT2D eigenvalue weighted by atomic mass is 16.3. The molecule has 4 rings (SSSR count). The fraction of sp³-hybridized carbons (Fsp3) is 0.895. The van der Waals surface area contributed by atoms with Gasteiger partial charge >= 0.3 is 0 Å². The van der Waals surface area contributed by atoms with Crippen molar-refractivity contribution < 1.29 is 5.11 Å². The third-order valence-corrected chi connectivity index (χ3v) is 6.15. The van der Waals surface area contributed by atoms with Gasteiger partial charge < -0.3 is 10.4 Å². The van der Waals surface area contributed by atoms with E-state index in [1.807, 2.05) is 0 Å². The van der Waals surface area contributed by atoms with E-state index in [0.717, 1.165) is 49.5 Å². The first-order valence-corrected chi connectivity index (χ1v) is 9.04. The monoisotopic (exact) mass is 291 g/mol. The summed E-state index contributed by atoms with van der Waals surface area (Å²) in [6, 6.07) is 0.688. The van der Waals surface area contributed by atoms with Gasteiger partial charge in [0.25, 0.3) is 0 Å². The van der Waals surface area contributed by atoms with E-state index in [4.69, 9.17) is 0 Å². The molecule has 0 heterocycles. The molecule has 4 aliphatic rings. The molecule has 4 bridgehead atoms. The second-order valence-electron chi connectivity index (χ2n) is 8.59. The molecule has 120 valence electrons.